The van der Waals surface area contributed by atoms with Crippen molar-refractivity contribution in [1.29, 1.82) is 0 Å². The van der Waals surface area contributed by atoms with Crippen molar-refractivity contribution >= 4 is 11.9 Å². The number of cyclic esters (lactones) is 1. The van der Waals surface area contributed by atoms with Gasteiger partial charge in [-0.25, -0.2) is 0 Å². The molecule has 5 heteroatoms. The van der Waals surface area contributed by atoms with Crippen LogP contribution in [-0.2, 0) is 14.3 Å². The SMILES string of the molecule is CCCCCCCCCCCCC#CC#CCCCCCCCCC(=O)NCCCNC1COC(=O)C1. The van der Waals surface area contributed by atoms with Gasteiger partial charge in [-0.3, -0.25) is 9.59 Å². The average molecular weight is 515 g/mol. The van der Waals surface area contributed by atoms with Crippen molar-refractivity contribution in [3.05, 3.63) is 0 Å². The highest BCUT2D eigenvalue weighted by Crippen LogP contribution is 2.11. The molecule has 1 fully saturated rings. The zero-order valence-corrected chi connectivity index (χ0v) is 23.8. The van der Waals surface area contributed by atoms with Gasteiger partial charge in [-0.2, -0.15) is 0 Å². The Balaban J connectivity index is 1.77. The Morgan fingerprint density at radius 3 is 1.84 bits per heavy atom. The third kappa shape index (κ3) is 22.9. The molecule has 1 unspecified atom stereocenters. The van der Waals surface area contributed by atoms with Crippen molar-refractivity contribution in [3.8, 4) is 23.7 Å². The summed E-state index contributed by atoms with van der Waals surface area (Å²) in [4.78, 5) is 22.9. The molecule has 1 rings (SSSR count). The van der Waals surface area contributed by atoms with Crippen molar-refractivity contribution in [2.75, 3.05) is 19.7 Å². The van der Waals surface area contributed by atoms with E-state index in [1.807, 2.05) is 0 Å². The second kappa shape index (κ2) is 25.7. The summed E-state index contributed by atoms with van der Waals surface area (Å²) in [5.41, 5.74) is 0. The van der Waals surface area contributed by atoms with Crippen LogP contribution >= 0.6 is 0 Å². The van der Waals surface area contributed by atoms with E-state index in [0.29, 0.717) is 26.0 Å². The molecule has 1 heterocycles. The lowest BCUT2D eigenvalue weighted by Gasteiger charge is -2.09. The molecule has 0 radical (unpaired) electrons. The van der Waals surface area contributed by atoms with Gasteiger partial charge < -0.3 is 15.4 Å². The average Bonchev–Trinajstić information content (AvgIpc) is 3.31. The minimum atomic E-state index is -0.130. The van der Waals surface area contributed by atoms with Crippen molar-refractivity contribution in [3.63, 3.8) is 0 Å². The number of unbranched alkanes of at least 4 members (excludes halogenated alkanes) is 16. The van der Waals surface area contributed by atoms with Crippen molar-refractivity contribution < 1.29 is 14.3 Å². The normalized spacial score (nSPS) is 14.4. The lowest BCUT2D eigenvalue weighted by atomic mass is 10.1. The first-order valence-corrected chi connectivity index (χ1v) is 15.3. The third-order valence-electron chi connectivity index (χ3n) is 6.82. The fraction of sp³-hybridized carbons (Fsp3) is 0.812. The van der Waals surface area contributed by atoms with Gasteiger partial charge in [-0.1, -0.05) is 102 Å². The van der Waals surface area contributed by atoms with E-state index in [-0.39, 0.29) is 17.9 Å². The van der Waals surface area contributed by atoms with Gasteiger partial charge in [0.25, 0.3) is 0 Å². The molecule has 0 aromatic rings. The summed E-state index contributed by atoms with van der Waals surface area (Å²) in [5.74, 6) is 12.4. The van der Waals surface area contributed by atoms with Crippen LogP contribution in [0.5, 0.6) is 0 Å². The van der Waals surface area contributed by atoms with Crippen LogP contribution in [-0.4, -0.2) is 37.6 Å². The highest BCUT2D eigenvalue weighted by atomic mass is 16.5. The summed E-state index contributed by atoms with van der Waals surface area (Å²) in [6, 6.07) is 0.132. The predicted octanol–water partition coefficient (Wildman–Crippen LogP) is 6.84. The maximum atomic E-state index is 11.9. The summed E-state index contributed by atoms with van der Waals surface area (Å²) in [7, 11) is 0. The van der Waals surface area contributed by atoms with E-state index in [2.05, 4.69) is 41.2 Å². The maximum Gasteiger partial charge on any atom is 0.307 e. The van der Waals surface area contributed by atoms with Crippen LogP contribution < -0.4 is 10.6 Å². The molecule has 5 nitrogen and oxygen atoms in total. The number of hydrogen-bond donors (Lipinski definition) is 2. The van der Waals surface area contributed by atoms with Gasteiger partial charge >= 0.3 is 5.97 Å². The van der Waals surface area contributed by atoms with E-state index in [1.54, 1.807) is 0 Å². The number of rotatable bonds is 23. The molecule has 1 amide bonds. The van der Waals surface area contributed by atoms with E-state index in [4.69, 9.17) is 4.74 Å². The van der Waals surface area contributed by atoms with Gasteiger partial charge in [-0.05, 0) is 44.1 Å². The van der Waals surface area contributed by atoms with Crippen LogP contribution in [0.4, 0.5) is 0 Å². The summed E-state index contributed by atoms with van der Waals surface area (Å²) < 4.78 is 4.91. The molecule has 1 aliphatic rings. The Labute approximate surface area is 228 Å². The maximum absolute atomic E-state index is 11.9. The number of amides is 1. The number of esters is 1. The minimum absolute atomic E-state index is 0.130. The van der Waals surface area contributed by atoms with E-state index in [0.717, 1.165) is 45.1 Å². The van der Waals surface area contributed by atoms with Crippen LogP contribution in [0.2, 0.25) is 0 Å². The Kier molecular flexibility index (Phi) is 22.9. The number of carbonyl (C=O) groups is 2. The van der Waals surface area contributed by atoms with E-state index < -0.39 is 0 Å². The minimum Gasteiger partial charge on any atom is -0.464 e. The smallest absolute Gasteiger partial charge is 0.307 e. The quantitative estimate of drug-likeness (QED) is 0.0890. The predicted molar refractivity (Wildman–Crippen MR) is 154 cm³/mol. The molecule has 1 saturated heterocycles. The number of hydrogen-bond acceptors (Lipinski definition) is 4. The second-order valence-electron chi connectivity index (χ2n) is 10.4. The Morgan fingerprint density at radius 2 is 1.30 bits per heavy atom. The lowest BCUT2D eigenvalue weighted by Crippen LogP contribution is -2.33. The highest BCUT2D eigenvalue weighted by Gasteiger charge is 2.22. The number of ether oxygens (including phenoxy) is 1. The van der Waals surface area contributed by atoms with Crippen molar-refractivity contribution in [1.82, 2.24) is 10.6 Å². The zero-order chi connectivity index (χ0) is 26.7. The third-order valence-corrected chi connectivity index (χ3v) is 6.82. The van der Waals surface area contributed by atoms with E-state index in [1.165, 1.54) is 83.5 Å². The molecule has 0 bridgehead atoms. The summed E-state index contributed by atoms with van der Waals surface area (Å²) >= 11 is 0. The molecule has 1 aliphatic heterocycles. The van der Waals surface area contributed by atoms with Gasteiger partial charge in [0.2, 0.25) is 5.91 Å². The van der Waals surface area contributed by atoms with Gasteiger partial charge in [0.1, 0.15) is 6.61 Å². The lowest BCUT2D eigenvalue weighted by molar-refractivity contribution is -0.138. The molecule has 1 atom stereocenters. The van der Waals surface area contributed by atoms with Crippen LogP contribution in [0.1, 0.15) is 142 Å². The first-order valence-electron chi connectivity index (χ1n) is 15.3. The molecule has 0 aromatic carbocycles. The first-order chi connectivity index (χ1) is 18.2. The largest absolute Gasteiger partial charge is 0.464 e. The molecule has 0 aromatic heterocycles. The van der Waals surface area contributed by atoms with Crippen molar-refractivity contribution in [2.45, 2.75) is 148 Å². The molecule has 0 spiro atoms. The van der Waals surface area contributed by atoms with Gasteiger partial charge in [0.15, 0.2) is 0 Å². The molecule has 210 valence electrons. The molecular weight excluding hydrogens is 460 g/mol. The first kappa shape index (κ1) is 33.0. The van der Waals surface area contributed by atoms with Crippen LogP contribution in [0.25, 0.3) is 0 Å². The van der Waals surface area contributed by atoms with Gasteiger partial charge in [0.05, 0.1) is 12.5 Å². The molecule has 37 heavy (non-hydrogen) atoms. The fourth-order valence-corrected chi connectivity index (χ4v) is 4.47. The Hall–Kier alpha value is -1.98. The molecular formula is C32H54N2O3. The topological polar surface area (TPSA) is 67.4 Å². The number of carbonyl (C=O) groups excluding carboxylic acids is 2. The standard InChI is InChI=1S/C32H54N2O3/c1-2-3-4-5-6-7-8-9-10-11-12-13-14-15-16-17-18-19-20-21-22-23-25-31(35)34-27-24-26-33-30-28-32(36)37-29-30/h30,33H,2-12,17-29H2,1H3,(H,34,35). The van der Waals surface area contributed by atoms with Crippen LogP contribution in [0, 0.1) is 23.7 Å². The molecule has 0 saturated carbocycles. The van der Waals surface area contributed by atoms with Gasteiger partial charge in [-0.15, -0.1) is 0 Å². The number of nitrogens with one attached hydrogen (secondary N) is 2. The highest BCUT2D eigenvalue weighted by molar-refractivity contribution is 5.75. The monoisotopic (exact) mass is 514 g/mol. The Morgan fingerprint density at radius 1 is 0.757 bits per heavy atom. The summed E-state index contributed by atoms with van der Waals surface area (Å²) in [5, 5.41) is 6.26. The zero-order valence-electron chi connectivity index (χ0n) is 23.8. The fourth-order valence-electron chi connectivity index (χ4n) is 4.47. The summed E-state index contributed by atoms with van der Waals surface area (Å²) in [6.07, 6.45) is 24.3. The van der Waals surface area contributed by atoms with Crippen molar-refractivity contribution in [2.24, 2.45) is 0 Å². The molecule has 2 N–H and O–H groups in total. The van der Waals surface area contributed by atoms with E-state index in [9.17, 15) is 9.59 Å². The second-order valence-corrected chi connectivity index (χ2v) is 10.4. The van der Waals surface area contributed by atoms with Gasteiger partial charge in [0, 0.05) is 25.8 Å². The molecule has 0 aliphatic carbocycles. The van der Waals surface area contributed by atoms with E-state index >= 15 is 0 Å². The Bertz CT molecular complexity index is 698. The van der Waals surface area contributed by atoms with Crippen LogP contribution in [0.15, 0.2) is 0 Å². The van der Waals surface area contributed by atoms with Crippen LogP contribution in [0.3, 0.4) is 0 Å². The summed E-state index contributed by atoms with van der Waals surface area (Å²) in [6.45, 7) is 4.21.